The van der Waals surface area contributed by atoms with Gasteiger partial charge in [-0.25, -0.2) is 14.4 Å². The second-order valence-electron chi connectivity index (χ2n) is 6.54. The summed E-state index contributed by atoms with van der Waals surface area (Å²) in [6.07, 6.45) is 5.22. The highest BCUT2D eigenvalue weighted by Crippen LogP contribution is 2.17. The van der Waals surface area contributed by atoms with E-state index in [1.165, 1.54) is 18.5 Å². The summed E-state index contributed by atoms with van der Waals surface area (Å²) in [5.41, 5.74) is 3.63. The van der Waals surface area contributed by atoms with E-state index in [0.29, 0.717) is 12.4 Å². The Morgan fingerprint density at radius 2 is 1.72 bits per heavy atom. The van der Waals surface area contributed by atoms with E-state index in [4.69, 9.17) is 0 Å². The quantitative estimate of drug-likeness (QED) is 0.547. The summed E-state index contributed by atoms with van der Waals surface area (Å²) in [7, 11) is 0. The Hall–Kier alpha value is -3.87. The molecule has 144 valence electrons. The van der Waals surface area contributed by atoms with Gasteiger partial charge in [-0.3, -0.25) is 9.48 Å². The van der Waals surface area contributed by atoms with E-state index in [-0.39, 0.29) is 18.1 Å². The maximum Gasteiger partial charge on any atom is 0.229 e. The Bertz CT molecular complexity index is 1090. The van der Waals surface area contributed by atoms with Gasteiger partial charge < -0.3 is 5.32 Å². The van der Waals surface area contributed by atoms with Crippen LogP contribution in [0.15, 0.2) is 79.4 Å². The molecule has 0 unspecified atom stereocenters. The molecule has 6 nitrogen and oxygen atoms in total. The number of carbonyl (C=O) groups is 1. The monoisotopic (exact) mass is 387 g/mol. The Labute approximate surface area is 167 Å². The molecule has 0 atom stereocenters. The molecule has 0 saturated carbocycles. The van der Waals surface area contributed by atoms with Crippen molar-refractivity contribution in [2.75, 3.05) is 5.32 Å². The second kappa shape index (κ2) is 8.43. The molecule has 2 aromatic heterocycles. The number of carbonyl (C=O) groups excluding carboxylic acids is 1. The highest BCUT2D eigenvalue weighted by Gasteiger charge is 2.08. The van der Waals surface area contributed by atoms with E-state index in [1.807, 2.05) is 30.3 Å². The molecule has 2 heterocycles. The fourth-order valence-electron chi connectivity index (χ4n) is 2.92. The first-order chi connectivity index (χ1) is 14.2. The topological polar surface area (TPSA) is 72.7 Å². The average molecular weight is 387 g/mol. The van der Waals surface area contributed by atoms with Gasteiger partial charge in [0, 0.05) is 24.0 Å². The molecule has 0 aliphatic rings. The van der Waals surface area contributed by atoms with Crippen LogP contribution in [0.25, 0.3) is 11.3 Å². The second-order valence-corrected chi connectivity index (χ2v) is 6.54. The molecule has 1 N–H and O–H groups in total. The molecule has 4 aromatic rings. The number of anilines is 1. The van der Waals surface area contributed by atoms with Crippen molar-refractivity contribution in [2.24, 2.45) is 0 Å². The van der Waals surface area contributed by atoms with E-state index >= 15 is 0 Å². The molecular formula is C22H18FN5O. The van der Waals surface area contributed by atoms with Gasteiger partial charge in [-0.2, -0.15) is 5.10 Å². The summed E-state index contributed by atoms with van der Waals surface area (Å²) in [6.45, 7) is 0.501. The lowest BCUT2D eigenvalue weighted by Crippen LogP contribution is -2.15. The number of nitrogens with zero attached hydrogens (tertiary/aromatic N) is 4. The predicted octanol–water partition coefficient (Wildman–Crippen LogP) is 3.71. The van der Waals surface area contributed by atoms with Crippen molar-refractivity contribution in [1.29, 1.82) is 0 Å². The van der Waals surface area contributed by atoms with Crippen LogP contribution in [0.5, 0.6) is 0 Å². The predicted molar refractivity (Wildman–Crippen MR) is 108 cm³/mol. The molecule has 0 spiro atoms. The van der Waals surface area contributed by atoms with E-state index in [9.17, 15) is 9.18 Å². The summed E-state index contributed by atoms with van der Waals surface area (Å²) in [4.78, 5) is 20.4. The highest BCUT2D eigenvalue weighted by atomic mass is 19.1. The average Bonchev–Trinajstić information content (AvgIpc) is 3.17. The number of amides is 1. The zero-order chi connectivity index (χ0) is 20.1. The molecule has 2 aromatic carbocycles. The van der Waals surface area contributed by atoms with Gasteiger partial charge in [-0.05, 0) is 29.3 Å². The third-order valence-corrected chi connectivity index (χ3v) is 4.36. The largest absolute Gasteiger partial charge is 0.309 e. The first-order valence-electron chi connectivity index (χ1n) is 9.09. The highest BCUT2D eigenvalue weighted by molar-refractivity contribution is 5.91. The third-order valence-electron chi connectivity index (χ3n) is 4.36. The number of rotatable bonds is 6. The van der Waals surface area contributed by atoms with Gasteiger partial charge >= 0.3 is 0 Å². The van der Waals surface area contributed by atoms with Crippen LogP contribution in [-0.2, 0) is 17.8 Å². The summed E-state index contributed by atoms with van der Waals surface area (Å²) in [6, 6.07) is 17.5. The molecule has 0 saturated heterocycles. The van der Waals surface area contributed by atoms with Gasteiger partial charge in [0.25, 0.3) is 0 Å². The van der Waals surface area contributed by atoms with Crippen LogP contribution in [0.2, 0.25) is 0 Å². The Kier molecular flexibility index (Phi) is 5.38. The van der Waals surface area contributed by atoms with Crippen molar-refractivity contribution in [1.82, 2.24) is 19.7 Å². The number of nitrogens with one attached hydrogen (secondary N) is 1. The molecule has 0 bridgehead atoms. The van der Waals surface area contributed by atoms with E-state index < -0.39 is 0 Å². The van der Waals surface area contributed by atoms with Crippen molar-refractivity contribution in [3.63, 3.8) is 0 Å². The maximum absolute atomic E-state index is 13.0. The Morgan fingerprint density at radius 3 is 2.45 bits per heavy atom. The minimum atomic E-state index is -0.271. The minimum Gasteiger partial charge on any atom is -0.309 e. The first kappa shape index (κ1) is 18.5. The number of benzene rings is 2. The number of halogens is 1. The number of hydrogen-bond donors (Lipinski definition) is 1. The van der Waals surface area contributed by atoms with Gasteiger partial charge in [0.2, 0.25) is 5.91 Å². The van der Waals surface area contributed by atoms with Gasteiger partial charge in [-0.1, -0.05) is 36.4 Å². The lowest BCUT2D eigenvalue weighted by Gasteiger charge is -2.05. The van der Waals surface area contributed by atoms with Crippen LogP contribution in [0.4, 0.5) is 10.2 Å². The Balaban J connectivity index is 1.34. The van der Waals surface area contributed by atoms with Gasteiger partial charge in [0.05, 0.1) is 18.7 Å². The lowest BCUT2D eigenvalue weighted by molar-refractivity contribution is -0.115. The molecule has 7 heteroatoms. The van der Waals surface area contributed by atoms with Crippen molar-refractivity contribution >= 4 is 11.7 Å². The van der Waals surface area contributed by atoms with E-state index in [2.05, 4.69) is 20.4 Å². The van der Waals surface area contributed by atoms with Gasteiger partial charge in [0.1, 0.15) is 12.1 Å². The van der Waals surface area contributed by atoms with Crippen LogP contribution in [0.3, 0.4) is 0 Å². The molecule has 0 radical (unpaired) electrons. The molecule has 29 heavy (non-hydrogen) atoms. The van der Waals surface area contributed by atoms with E-state index in [0.717, 1.165) is 22.4 Å². The summed E-state index contributed by atoms with van der Waals surface area (Å²) in [5, 5.41) is 7.14. The molecule has 0 aliphatic heterocycles. The number of aromatic nitrogens is 4. The van der Waals surface area contributed by atoms with Crippen molar-refractivity contribution in [3.05, 3.63) is 96.3 Å². The third kappa shape index (κ3) is 4.90. The summed E-state index contributed by atoms with van der Waals surface area (Å²) >= 11 is 0. The van der Waals surface area contributed by atoms with Crippen LogP contribution in [-0.4, -0.2) is 25.7 Å². The van der Waals surface area contributed by atoms with Crippen LogP contribution >= 0.6 is 0 Å². The lowest BCUT2D eigenvalue weighted by atomic mass is 10.1. The van der Waals surface area contributed by atoms with Crippen molar-refractivity contribution in [2.45, 2.75) is 13.0 Å². The number of hydrogen-bond acceptors (Lipinski definition) is 4. The fourth-order valence-corrected chi connectivity index (χ4v) is 2.92. The SMILES string of the molecule is O=C(Cc1ccc(-c2ccncn2)cc1)Nc1ccn(Cc2ccc(F)cc2)n1. The maximum atomic E-state index is 13.0. The fraction of sp³-hybridized carbons (Fsp3) is 0.0909. The van der Waals surface area contributed by atoms with Gasteiger partial charge in [-0.15, -0.1) is 0 Å². The minimum absolute atomic E-state index is 0.146. The van der Waals surface area contributed by atoms with Crippen LogP contribution in [0.1, 0.15) is 11.1 Å². The normalized spacial score (nSPS) is 10.7. The van der Waals surface area contributed by atoms with Crippen LogP contribution < -0.4 is 5.32 Å². The summed E-state index contributed by atoms with van der Waals surface area (Å²) in [5.74, 6) is 0.0637. The molecule has 0 aliphatic carbocycles. The zero-order valence-electron chi connectivity index (χ0n) is 15.5. The summed E-state index contributed by atoms with van der Waals surface area (Å²) < 4.78 is 14.7. The standard InChI is InChI=1S/C22H18FN5O/c23-19-7-3-17(4-8-19)14-28-12-10-21(27-28)26-22(29)13-16-1-5-18(6-2-16)20-9-11-24-15-25-20/h1-12,15H,13-14H2,(H,26,27,29). The van der Waals surface area contributed by atoms with Crippen molar-refractivity contribution < 1.29 is 9.18 Å². The smallest absolute Gasteiger partial charge is 0.229 e. The molecule has 0 fully saturated rings. The zero-order valence-corrected chi connectivity index (χ0v) is 15.5. The Morgan fingerprint density at radius 1 is 0.966 bits per heavy atom. The van der Waals surface area contributed by atoms with Crippen LogP contribution in [0, 0.1) is 5.82 Å². The molecular weight excluding hydrogens is 369 g/mol. The van der Waals surface area contributed by atoms with Crippen molar-refractivity contribution in [3.8, 4) is 11.3 Å². The van der Waals surface area contributed by atoms with Gasteiger partial charge in [0.15, 0.2) is 5.82 Å². The molecule has 1 amide bonds. The molecule has 4 rings (SSSR count). The first-order valence-corrected chi connectivity index (χ1v) is 9.09. The van der Waals surface area contributed by atoms with E-state index in [1.54, 1.807) is 35.3 Å².